The van der Waals surface area contributed by atoms with Crippen molar-refractivity contribution in [3.8, 4) is 5.75 Å². The zero-order valence-corrected chi connectivity index (χ0v) is 24.8. The zero-order valence-electron chi connectivity index (χ0n) is 24.1. The topological polar surface area (TPSA) is 117 Å². The van der Waals surface area contributed by atoms with Crippen molar-refractivity contribution in [2.75, 3.05) is 24.3 Å². The first kappa shape index (κ1) is 30.3. The van der Waals surface area contributed by atoms with E-state index in [0.29, 0.717) is 46.5 Å². The number of carboxylic acids is 1. The molecule has 5 rings (SSSR count). The first-order chi connectivity index (χ1) is 20.3. The van der Waals surface area contributed by atoms with Gasteiger partial charge in [-0.05, 0) is 80.7 Å². The van der Waals surface area contributed by atoms with Crippen molar-refractivity contribution in [2.45, 2.75) is 88.5 Å². The van der Waals surface area contributed by atoms with Gasteiger partial charge in [0, 0.05) is 19.0 Å². The first-order valence-electron chi connectivity index (χ1n) is 15.0. The van der Waals surface area contributed by atoms with Crippen molar-refractivity contribution in [2.24, 2.45) is 5.92 Å². The van der Waals surface area contributed by atoms with E-state index in [-0.39, 0.29) is 18.2 Å². The summed E-state index contributed by atoms with van der Waals surface area (Å²) in [5.41, 5.74) is 0.256. The molecule has 0 radical (unpaired) electrons. The summed E-state index contributed by atoms with van der Waals surface area (Å²) in [4.78, 5) is 41.3. The minimum Gasteiger partial charge on any atom is -0.495 e. The maximum absolute atomic E-state index is 14.0. The number of ketones is 1. The van der Waals surface area contributed by atoms with Crippen LogP contribution in [0.2, 0.25) is 5.02 Å². The summed E-state index contributed by atoms with van der Waals surface area (Å²) in [5.74, 6) is -0.222. The summed E-state index contributed by atoms with van der Waals surface area (Å²) in [6.07, 6.45) is 7.94. The summed E-state index contributed by atoms with van der Waals surface area (Å²) in [6.45, 7) is 0.730. The Morgan fingerprint density at radius 2 is 1.74 bits per heavy atom. The molecule has 9 nitrogen and oxygen atoms in total. The number of para-hydroxylation sites is 1. The van der Waals surface area contributed by atoms with E-state index in [4.69, 9.17) is 21.1 Å². The molecule has 0 bridgehead atoms. The predicted molar refractivity (Wildman–Crippen MR) is 161 cm³/mol. The highest BCUT2D eigenvalue weighted by molar-refractivity contribution is 6.33. The van der Waals surface area contributed by atoms with Crippen LogP contribution in [0.25, 0.3) is 0 Å². The van der Waals surface area contributed by atoms with Crippen LogP contribution in [0.1, 0.15) is 69.8 Å². The van der Waals surface area contributed by atoms with Gasteiger partial charge in [0.1, 0.15) is 5.75 Å². The van der Waals surface area contributed by atoms with Crippen LogP contribution in [-0.2, 0) is 20.7 Å². The SMILES string of the molecule is COc1cc(CC(=O)C(OC2(C(=O)O)CCCCC2)N2CCC3CCCCC32)ccc1NC(=O)Nc1ccccc1Cl. The highest BCUT2D eigenvalue weighted by Crippen LogP contribution is 2.40. The lowest BCUT2D eigenvalue weighted by molar-refractivity contribution is -0.201. The normalized spacial score (nSPS) is 22.5. The number of carbonyl (C=O) groups excluding carboxylic acids is 2. The van der Waals surface area contributed by atoms with E-state index in [1.165, 1.54) is 13.5 Å². The average molecular weight is 598 g/mol. The van der Waals surface area contributed by atoms with Crippen molar-refractivity contribution in [3.05, 3.63) is 53.1 Å². The molecule has 1 heterocycles. The molecule has 0 aromatic heterocycles. The number of halogens is 1. The number of likely N-dealkylation sites (tertiary alicyclic amines) is 1. The summed E-state index contributed by atoms with van der Waals surface area (Å²) >= 11 is 6.15. The van der Waals surface area contributed by atoms with Gasteiger partial charge in [-0.3, -0.25) is 9.69 Å². The highest BCUT2D eigenvalue weighted by Gasteiger charge is 2.48. The third-order valence-electron chi connectivity index (χ3n) is 9.03. The van der Waals surface area contributed by atoms with E-state index in [0.717, 1.165) is 51.5 Å². The molecule has 42 heavy (non-hydrogen) atoms. The number of carboxylic acid groups (broad SMARTS) is 1. The largest absolute Gasteiger partial charge is 0.495 e. The van der Waals surface area contributed by atoms with Crippen molar-refractivity contribution >= 4 is 40.8 Å². The van der Waals surface area contributed by atoms with Gasteiger partial charge in [0.15, 0.2) is 17.6 Å². The molecular formula is C32H40ClN3O6. The van der Waals surface area contributed by atoms with Gasteiger partial charge in [-0.2, -0.15) is 0 Å². The van der Waals surface area contributed by atoms with Gasteiger partial charge in [0.2, 0.25) is 0 Å². The van der Waals surface area contributed by atoms with E-state index < -0.39 is 23.8 Å². The number of benzene rings is 2. The molecule has 3 unspecified atom stereocenters. The molecule has 2 aliphatic carbocycles. The number of amides is 2. The number of Topliss-reactive ketones (excluding diaryl/α,β-unsaturated/α-hetero) is 1. The standard InChI is InChI=1S/C32H40ClN3O6/c1-41-28-20-21(13-14-25(28)35-31(40)34-24-11-5-4-10-23(24)33)19-27(37)29(36-18-15-22-9-3-6-12-26(22)36)42-32(30(38)39)16-7-2-8-17-32/h4-5,10-11,13-14,20,22,26,29H,2-3,6-9,12,15-19H2,1H3,(H,38,39)(H2,34,35,40). The number of aliphatic carboxylic acids is 1. The number of nitrogens with zero attached hydrogens (tertiary/aromatic N) is 1. The fourth-order valence-electron chi connectivity index (χ4n) is 6.85. The average Bonchev–Trinajstić information content (AvgIpc) is 3.42. The monoisotopic (exact) mass is 597 g/mol. The molecule has 2 saturated carbocycles. The van der Waals surface area contributed by atoms with Crippen molar-refractivity contribution < 1.29 is 29.0 Å². The Hall–Kier alpha value is -3.14. The molecule has 3 N–H and O–H groups in total. The summed E-state index contributed by atoms with van der Waals surface area (Å²) in [5, 5.41) is 16.1. The van der Waals surface area contributed by atoms with E-state index in [2.05, 4.69) is 15.5 Å². The van der Waals surface area contributed by atoms with Crippen LogP contribution >= 0.6 is 11.6 Å². The number of hydrogen-bond acceptors (Lipinski definition) is 6. The Labute approximate surface area is 251 Å². The molecule has 0 spiro atoms. The molecule has 3 fully saturated rings. The van der Waals surface area contributed by atoms with Crippen LogP contribution in [-0.4, -0.2) is 59.3 Å². The molecule has 2 aromatic carbocycles. The third kappa shape index (κ3) is 6.74. The molecule has 3 atom stereocenters. The molecule has 226 valence electrons. The second-order valence-corrected chi connectivity index (χ2v) is 12.1. The van der Waals surface area contributed by atoms with Crippen LogP contribution in [0.4, 0.5) is 16.2 Å². The zero-order chi connectivity index (χ0) is 29.7. The number of hydrogen-bond donors (Lipinski definition) is 3. The smallest absolute Gasteiger partial charge is 0.336 e. The summed E-state index contributed by atoms with van der Waals surface area (Å²) < 4.78 is 12.0. The molecule has 1 aliphatic heterocycles. The molecule has 2 aromatic rings. The molecular weight excluding hydrogens is 558 g/mol. The van der Waals surface area contributed by atoms with Gasteiger partial charge in [0.05, 0.1) is 23.5 Å². The Morgan fingerprint density at radius 1 is 1.00 bits per heavy atom. The maximum Gasteiger partial charge on any atom is 0.336 e. The second-order valence-electron chi connectivity index (χ2n) is 11.7. The number of anilines is 2. The number of ether oxygens (including phenoxy) is 2. The van der Waals surface area contributed by atoms with E-state index >= 15 is 0 Å². The Morgan fingerprint density at radius 3 is 2.48 bits per heavy atom. The van der Waals surface area contributed by atoms with E-state index in [1.807, 2.05) is 0 Å². The van der Waals surface area contributed by atoms with Gasteiger partial charge in [0.25, 0.3) is 0 Å². The van der Waals surface area contributed by atoms with E-state index in [1.54, 1.807) is 42.5 Å². The molecule has 1 saturated heterocycles. The summed E-state index contributed by atoms with van der Waals surface area (Å²) in [6, 6.07) is 11.9. The van der Waals surface area contributed by atoms with Gasteiger partial charge in [-0.15, -0.1) is 0 Å². The van der Waals surface area contributed by atoms with Crippen LogP contribution in [0.3, 0.4) is 0 Å². The molecule has 2 amide bonds. The number of urea groups is 1. The lowest BCUT2D eigenvalue weighted by atomic mass is 9.84. The second kappa shape index (κ2) is 13.4. The number of fused-ring (bicyclic) bond motifs is 1. The van der Waals surface area contributed by atoms with Crippen LogP contribution in [0.15, 0.2) is 42.5 Å². The number of nitrogens with one attached hydrogen (secondary N) is 2. The Kier molecular flexibility index (Phi) is 9.70. The Bertz CT molecular complexity index is 1300. The van der Waals surface area contributed by atoms with Gasteiger partial charge >= 0.3 is 12.0 Å². The molecule has 10 heteroatoms. The summed E-state index contributed by atoms with van der Waals surface area (Å²) in [7, 11) is 1.50. The maximum atomic E-state index is 14.0. The fourth-order valence-corrected chi connectivity index (χ4v) is 7.03. The highest BCUT2D eigenvalue weighted by atomic mass is 35.5. The number of carbonyl (C=O) groups is 3. The Balaban J connectivity index is 1.34. The lowest BCUT2D eigenvalue weighted by Gasteiger charge is -2.42. The van der Waals surface area contributed by atoms with Crippen LogP contribution in [0.5, 0.6) is 5.75 Å². The molecule has 3 aliphatic rings. The predicted octanol–water partition coefficient (Wildman–Crippen LogP) is 6.50. The first-order valence-corrected chi connectivity index (χ1v) is 15.4. The minimum absolute atomic E-state index is 0.0523. The van der Waals surface area contributed by atoms with Crippen LogP contribution in [0, 0.1) is 5.92 Å². The van der Waals surface area contributed by atoms with Gasteiger partial charge < -0.3 is 25.2 Å². The van der Waals surface area contributed by atoms with Crippen molar-refractivity contribution in [3.63, 3.8) is 0 Å². The van der Waals surface area contributed by atoms with Crippen LogP contribution < -0.4 is 15.4 Å². The van der Waals surface area contributed by atoms with Gasteiger partial charge in [-0.25, -0.2) is 9.59 Å². The van der Waals surface area contributed by atoms with E-state index in [9.17, 15) is 19.5 Å². The third-order valence-corrected chi connectivity index (χ3v) is 9.36. The van der Waals surface area contributed by atoms with Crippen molar-refractivity contribution in [1.82, 2.24) is 4.90 Å². The quantitative estimate of drug-likeness (QED) is 0.286. The minimum atomic E-state index is -1.34. The fraction of sp³-hybridized carbons (Fsp3) is 0.531. The van der Waals surface area contributed by atoms with Crippen molar-refractivity contribution in [1.29, 1.82) is 0 Å². The number of rotatable bonds is 10. The lowest BCUT2D eigenvalue weighted by Crippen LogP contribution is -2.55. The van der Waals surface area contributed by atoms with Gasteiger partial charge in [-0.1, -0.05) is 49.1 Å². The number of methoxy groups -OCH3 is 1.